The summed E-state index contributed by atoms with van der Waals surface area (Å²) in [7, 11) is 1.44. The Hall–Kier alpha value is -0.570. The molecule has 0 radical (unpaired) electrons. The Morgan fingerprint density at radius 1 is 1.24 bits per heavy atom. The molecule has 1 rings (SSSR count). The molecule has 0 heterocycles. The molecule has 0 spiro atoms. The lowest BCUT2D eigenvalue weighted by atomic mass is 9.71. The standard InChI is InChI=1S/C14H27NO2/c1-10(13(16)17-5)15-12-8-6-11(7-9-12)14(2,3)4/h10-12,15H,6-9H2,1-5H3. The zero-order valence-electron chi connectivity index (χ0n) is 11.9. The van der Waals surface area contributed by atoms with Crippen LogP contribution in [0.3, 0.4) is 0 Å². The van der Waals surface area contributed by atoms with Crippen molar-refractivity contribution in [3.8, 4) is 0 Å². The van der Waals surface area contributed by atoms with Crippen LogP contribution in [-0.4, -0.2) is 25.2 Å². The molecular weight excluding hydrogens is 214 g/mol. The quantitative estimate of drug-likeness (QED) is 0.772. The van der Waals surface area contributed by atoms with Crippen LogP contribution in [0.1, 0.15) is 53.4 Å². The number of esters is 1. The first-order chi connectivity index (χ1) is 7.84. The Labute approximate surface area is 105 Å². The van der Waals surface area contributed by atoms with E-state index in [0.29, 0.717) is 11.5 Å². The van der Waals surface area contributed by atoms with Crippen LogP contribution in [0.2, 0.25) is 0 Å². The van der Waals surface area contributed by atoms with E-state index in [2.05, 4.69) is 26.1 Å². The van der Waals surface area contributed by atoms with Crippen molar-refractivity contribution < 1.29 is 9.53 Å². The number of hydrogen-bond acceptors (Lipinski definition) is 3. The third kappa shape index (κ3) is 4.30. The predicted octanol–water partition coefficient (Wildman–Crippen LogP) is 2.74. The highest BCUT2D eigenvalue weighted by Crippen LogP contribution is 2.37. The molecule has 0 aromatic carbocycles. The van der Waals surface area contributed by atoms with E-state index in [9.17, 15) is 4.79 Å². The van der Waals surface area contributed by atoms with Crippen LogP contribution >= 0.6 is 0 Å². The van der Waals surface area contributed by atoms with Crippen molar-refractivity contribution in [2.24, 2.45) is 11.3 Å². The normalized spacial score (nSPS) is 27.6. The molecule has 3 nitrogen and oxygen atoms in total. The maximum atomic E-state index is 11.3. The Kier molecular flexibility index (Phi) is 4.99. The zero-order valence-corrected chi connectivity index (χ0v) is 11.9. The Bertz CT molecular complexity index is 249. The molecule has 0 aliphatic heterocycles. The topological polar surface area (TPSA) is 38.3 Å². The summed E-state index contributed by atoms with van der Waals surface area (Å²) >= 11 is 0. The number of methoxy groups -OCH3 is 1. The molecule has 0 aromatic rings. The van der Waals surface area contributed by atoms with Crippen LogP contribution < -0.4 is 5.32 Å². The second kappa shape index (κ2) is 5.85. The van der Waals surface area contributed by atoms with Crippen molar-refractivity contribution >= 4 is 5.97 Å². The Morgan fingerprint density at radius 2 is 1.76 bits per heavy atom. The van der Waals surface area contributed by atoms with Gasteiger partial charge in [0.1, 0.15) is 6.04 Å². The molecule has 1 N–H and O–H groups in total. The van der Waals surface area contributed by atoms with E-state index >= 15 is 0 Å². The molecule has 0 saturated heterocycles. The Balaban J connectivity index is 2.35. The fraction of sp³-hybridized carbons (Fsp3) is 0.929. The molecule has 1 aliphatic rings. The zero-order chi connectivity index (χ0) is 13.1. The molecule has 17 heavy (non-hydrogen) atoms. The highest BCUT2D eigenvalue weighted by Gasteiger charge is 2.30. The average Bonchev–Trinajstić information content (AvgIpc) is 2.27. The highest BCUT2D eigenvalue weighted by molar-refractivity contribution is 5.75. The van der Waals surface area contributed by atoms with E-state index in [0.717, 1.165) is 5.92 Å². The van der Waals surface area contributed by atoms with Crippen molar-refractivity contribution in [3.63, 3.8) is 0 Å². The molecular formula is C14H27NO2. The molecule has 0 bridgehead atoms. The maximum Gasteiger partial charge on any atom is 0.322 e. The molecule has 3 heteroatoms. The summed E-state index contributed by atoms with van der Waals surface area (Å²) in [4.78, 5) is 11.3. The monoisotopic (exact) mass is 241 g/mol. The predicted molar refractivity (Wildman–Crippen MR) is 69.8 cm³/mol. The van der Waals surface area contributed by atoms with E-state index < -0.39 is 0 Å². The SMILES string of the molecule is COC(=O)C(C)NC1CCC(C(C)(C)C)CC1. The summed E-state index contributed by atoms with van der Waals surface area (Å²) in [6.07, 6.45) is 4.86. The van der Waals surface area contributed by atoms with Crippen LogP contribution in [0.5, 0.6) is 0 Å². The number of ether oxygens (including phenoxy) is 1. The fourth-order valence-corrected chi connectivity index (χ4v) is 2.72. The van der Waals surface area contributed by atoms with Crippen LogP contribution in [0.4, 0.5) is 0 Å². The molecule has 0 amide bonds. The van der Waals surface area contributed by atoms with Gasteiger partial charge in [-0.05, 0) is 43.9 Å². The number of carbonyl (C=O) groups excluding carboxylic acids is 1. The molecule has 1 atom stereocenters. The lowest BCUT2D eigenvalue weighted by Crippen LogP contribution is -2.44. The van der Waals surface area contributed by atoms with Crippen LogP contribution in [-0.2, 0) is 9.53 Å². The lowest BCUT2D eigenvalue weighted by Gasteiger charge is -2.37. The summed E-state index contributed by atoms with van der Waals surface area (Å²) in [5.41, 5.74) is 0.416. The molecule has 1 aliphatic carbocycles. The summed E-state index contributed by atoms with van der Waals surface area (Å²) in [6.45, 7) is 8.84. The second-order valence-corrected chi connectivity index (χ2v) is 6.33. The second-order valence-electron chi connectivity index (χ2n) is 6.33. The van der Waals surface area contributed by atoms with Gasteiger partial charge < -0.3 is 10.1 Å². The van der Waals surface area contributed by atoms with Crippen LogP contribution in [0.25, 0.3) is 0 Å². The number of rotatable bonds is 3. The van der Waals surface area contributed by atoms with E-state index in [-0.39, 0.29) is 12.0 Å². The third-order valence-corrected chi connectivity index (χ3v) is 3.99. The summed E-state index contributed by atoms with van der Waals surface area (Å²) < 4.78 is 4.73. The number of carbonyl (C=O) groups is 1. The van der Waals surface area contributed by atoms with Crippen molar-refractivity contribution in [2.75, 3.05) is 7.11 Å². The van der Waals surface area contributed by atoms with E-state index in [1.807, 2.05) is 6.92 Å². The molecule has 1 fully saturated rings. The van der Waals surface area contributed by atoms with Gasteiger partial charge in [-0.1, -0.05) is 20.8 Å². The van der Waals surface area contributed by atoms with Gasteiger partial charge in [0.05, 0.1) is 7.11 Å². The molecule has 1 unspecified atom stereocenters. The average molecular weight is 241 g/mol. The number of hydrogen-bond donors (Lipinski definition) is 1. The first-order valence-corrected chi connectivity index (χ1v) is 6.68. The van der Waals surface area contributed by atoms with Crippen molar-refractivity contribution in [1.29, 1.82) is 0 Å². The molecule has 0 aromatic heterocycles. The van der Waals surface area contributed by atoms with Crippen molar-refractivity contribution in [1.82, 2.24) is 5.32 Å². The molecule has 1 saturated carbocycles. The minimum absolute atomic E-state index is 0.164. The summed E-state index contributed by atoms with van der Waals surface area (Å²) in [5.74, 6) is 0.650. The maximum absolute atomic E-state index is 11.3. The van der Waals surface area contributed by atoms with Crippen LogP contribution in [0, 0.1) is 11.3 Å². The minimum Gasteiger partial charge on any atom is -0.468 e. The van der Waals surface area contributed by atoms with Gasteiger partial charge in [0.2, 0.25) is 0 Å². The van der Waals surface area contributed by atoms with E-state index in [1.165, 1.54) is 32.8 Å². The van der Waals surface area contributed by atoms with Crippen LogP contribution in [0.15, 0.2) is 0 Å². The van der Waals surface area contributed by atoms with Gasteiger partial charge in [-0.15, -0.1) is 0 Å². The first kappa shape index (κ1) is 14.5. The largest absolute Gasteiger partial charge is 0.468 e. The fourth-order valence-electron chi connectivity index (χ4n) is 2.72. The van der Waals surface area contributed by atoms with Gasteiger partial charge in [-0.3, -0.25) is 4.79 Å². The number of nitrogens with one attached hydrogen (secondary N) is 1. The lowest BCUT2D eigenvalue weighted by molar-refractivity contribution is -0.142. The Morgan fingerprint density at radius 3 is 2.18 bits per heavy atom. The third-order valence-electron chi connectivity index (χ3n) is 3.99. The van der Waals surface area contributed by atoms with Gasteiger partial charge in [0, 0.05) is 6.04 Å². The van der Waals surface area contributed by atoms with Gasteiger partial charge in [0.25, 0.3) is 0 Å². The highest BCUT2D eigenvalue weighted by atomic mass is 16.5. The smallest absolute Gasteiger partial charge is 0.322 e. The van der Waals surface area contributed by atoms with E-state index in [1.54, 1.807) is 0 Å². The van der Waals surface area contributed by atoms with Crippen molar-refractivity contribution in [2.45, 2.75) is 65.5 Å². The van der Waals surface area contributed by atoms with E-state index in [4.69, 9.17) is 4.74 Å². The van der Waals surface area contributed by atoms with Gasteiger partial charge in [0.15, 0.2) is 0 Å². The van der Waals surface area contributed by atoms with Crippen molar-refractivity contribution in [3.05, 3.63) is 0 Å². The summed E-state index contributed by atoms with van der Waals surface area (Å²) in [6, 6.07) is 0.291. The van der Waals surface area contributed by atoms with Gasteiger partial charge >= 0.3 is 5.97 Å². The van der Waals surface area contributed by atoms with Gasteiger partial charge in [-0.2, -0.15) is 0 Å². The molecule has 100 valence electrons. The van der Waals surface area contributed by atoms with Gasteiger partial charge in [-0.25, -0.2) is 0 Å². The first-order valence-electron chi connectivity index (χ1n) is 6.68. The minimum atomic E-state index is -0.184. The summed E-state index contributed by atoms with van der Waals surface area (Å²) in [5, 5.41) is 3.37.